The molecule has 0 aliphatic carbocycles. The average Bonchev–Trinajstić information content (AvgIpc) is 3.25. The third kappa shape index (κ3) is 6.94. The predicted octanol–water partition coefficient (Wildman–Crippen LogP) is 4.38. The van der Waals surface area contributed by atoms with Gasteiger partial charge in [-0.25, -0.2) is 19.2 Å². The molecule has 1 fully saturated rings. The number of nitrogens with one attached hydrogen (secondary N) is 2. The minimum Gasteiger partial charge on any atom is -0.448 e. The lowest BCUT2D eigenvalue weighted by atomic mass is 10.1. The summed E-state index contributed by atoms with van der Waals surface area (Å²) in [6, 6.07) is 5.01. The lowest BCUT2D eigenvalue weighted by Gasteiger charge is -2.22. The first-order valence-corrected chi connectivity index (χ1v) is 12.5. The van der Waals surface area contributed by atoms with Crippen LogP contribution in [0.4, 0.5) is 15.0 Å². The number of aromatic nitrogens is 2. The van der Waals surface area contributed by atoms with Gasteiger partial charge in [0, 0.05) is 23.7 Å². The second kappa shape index (κ2) is 13.2. The Labute approximate surface area is 215 Å². The monoisotopic (exact) mass is 527 g/mol. The Morgan fingerprint density at radius 1 is 1.17 bits per heavy atom. The summed E-state index contributed by atoms with van der Waals surface area (Å²) >= 11 is 12.5. The van der Waals surface area contributed by atoms with E-state index in [4.69, 9.17) is 42.6 Å². The lowest BCUT2D eigenvalue weighted by Crippen LogP contribution is -2.36. The summed E-state index contributed by atoms with van der Waals surface area (Å²) in [5, 5.41) is 7.40. The summed E-state index contributed by atoms with van der Waals surface area (Å²) in [6.45, 7) is 4.79. The van der Waals surface area contributed by atoms with Crippen molar-refractivity contribution >= 4 is 35.1 Å². The highest BCUT2D eigenvalue weighted by molar-refractivity contribution is 6.36. The van der Waals surface area contributed by atoms with Crippen molar-refractivity contribution in [3.8, 4) is 11.3 Å². The van der Waals surface area contributed by atoms with Gasteiger partial charge in [0.25, 0.3) is 0 Å². The van der Waals surface area contributed by atoms with Gasteiger partial charge in [0.05, 0.1) is 47.4 Å². The van der Waals surface area contributed by atoms with E-state index in [0.717, 1.165) is 17.0 Å². The number of likely N-dealkylation sites (N-methyl/N-ethyl adjacent to an activating group) is 1. The first-order valence-electron chi connectivity index (χ1n) is 11.8. The molecule has 8 nitrogen and oxygen atoms in total. The van der Waals surface area contributed by atoms with Gasteiger partial charge in [-0.05, 0) is 38.1 Å². The van der Waals surface area contributed by atoms with E-state index in [1.165, 1.54) is 0 Å². The summed E-state index contributed by atoms with van der Waals surface area (Å²) < 4.78 is 23.9. The second-order valence-corrected chi connectivity index (χ2v) is 8.96. The summed E-state index contributed by atoms with van der Waals surface area (Å²) in [5.41, 5.74) is 3.00. The van der Waals surface area contributed by atoms with Crippen molar-refractivity contribution in [1.29, 1.82) is 0 Å². The summed E-state index contributed by atoms with van der Waals surface area (Å²) in [4.78, 5) is 23.8. The number of carbonyl (C=O) groups is 1. The molecule has 2 N–H and O–H groups in total. The number of hydrogen-bond donors (Lipinski definition) is 2. The number of rotatable bonds is 11. The van der Waals surface area contributed by atoms with Gasteiger partial charge in [-0.3, -0.25) is 0 Å². The Bertz CT molecular complexity index is 1010. The number of anilines is 1. The molecule has 3 rings (SSSR count). The van der Waals surface area contributed by atoms with Gasteiger partial charge in [-0.2, -0.15) is 0 Å². The van der Waals surface area contributed by atoms with Crippen molar-refractivity contribution in [3.05, 3.63) is 39.6 Å². The Balaban J connectivity index is 1.86. The topological polar surface area (TPSA) is 88.6 Å². The molecule has 1 aliphatic heterocycles. The fourth-order valence-electron chi connectivity index (χ4n) is 3.94. The standard InChI is InChI=1S/C24H32Cl2FN5O3/c1-4-18-22(16-7-6-15(25)12-17(16)26)29-19(5-2)23(30-18)31-20-13-32(14-21(20)34-10-8-27)24(33)35-11-9-28-3/h6-7,12,20-21,28H,4-5,8-11,13-14H2,1-3H3,(H,30,31)/t20-,21+/m1/s1. The number of hydrogen-bond acceptors (Lipinski definition) is 7. The molecule has 1 aliphatic rings. The number of halogens is 3. The Morgan fingerprint density at radius 2 is 1.94 bits per heavy atom. The van der Waals surface area contributed by atoms with E-state index in [9.17, 15) is 9.18 Å². The minimum absolute atomic E-state index is 0.0496. The maximum absolute atomic E-state index is 12.8. The number of ether oxygens (including phenoxy) is 2. The number of carbonyl (C=O) groups excluding carboxylic acids is 1. The van der Waals surface area contributed by atoms with Gasteiger partial charge >= 0.3 is 6.09 Å². The van der Waals surface area contributed by atoms with Gasteiger partial charge in [-0.1, -0.05) is 37.0 Å². The van der Waals surface area contributed by atoms with Crippen molar-refractivity contribution in [2.24, 2.45) is 0 Å². The van der Waals surface area contributed by atoms with E-state index < -0.39 is 18.9 Å². The summed E-state index contributed by atoms with van der Waals surface area (Å²) in [5.74, 6) is 0.613. The van der Waals surface area contributed by atoms with E-state index in [1.807, 2.05) is 19.9 Å². The quantitative estimate of drug-likeness (QED) is 0.419. The van der Waals surface area contributed by atoms with E-state index in [0.29, 0.717) is 54.0 Å². The predicted molar refractivity (Wildman–Crippen MR) is 136 cm³/mol. The highest BCUT2D eigenvalue weighted by atomic mass is 35.5. The average molecular weight is 528 g/mol. The largest absolute Gasteiger partial charge is 0.448 e. The van der Waals surface area contributed by atoms with Crippen molar-refractivity contribution in [1.82, 2.24) is 20.2 Å². The maximum atomic E-state index is 12.8. The number of amides is 1. The van der Waals surface area contributed by atoms with E-state index in [1.54, 1.807) is 24.1 Å². The number of aryl methyl sites for hydroxylation is 2. The normalized spacial score (nSPS) is 17.6. The molecule has 0 saturated carbocycles. The smallest absolute Gasteiger partial charge is 0.409 e. The first kappa shape index (κ1) is 27.4. The molecule has 1 aromatic carbocycles. The molecule has 2 heterocycles. The van der Waals surface area contributed by atoms with Crippen LogP contribution in [0.2, 0.25) is 10.0 Å². The van der Waals surface area contributed by atoms with Crippen molar-refractivity contribution in [2.75, 3.05) is 51.9 Å². The fourth-order valence-corrected chi connectivity index (χ4v) is 4.44. The number of alkyl halides is 1. The molecular formula is C24H32Cl2FN5O3. The van der Waals surface area contributed by atoms with Crippen LogP contribution in [0, 0.1) is 0 Å². The first-order chi connectivity index (χ1) is 16.9. The van der Waals surface area contributed by atoms with Gasteiger partial charge < -0.3 is 25.0 Å². The van der Waals surface area contributed by atoms with Crippen LogP contribution in [-0.2, 0) is 22.3 Å². The van der Waals surface area contributed by atoms with Crippen LogP contribution in [0.25, 0.3) is 11.3 Å². The van der Waals surface area contributed by atoms with Crippen LogP contribution >= 0.6 is 23.2 Å². The van der Waals surface area contributed by atoms with Gasteiger partial charge in [0.1, 0.15) is 19.1 Å². The molecule has 0 spiro atoms. The van der Waals surface area contributed by atoms with Crippen molar-refractivity contribution in [3.63, 3.8) is 0 Å². The van der Waals surface area contributed by atoms with Crippen LogP contribution in [0.5, 0.6) is 0 Å². The Morgan fingerprint density at radius 3 is 2.60 bits per heavy atom. The van der Waals surface area contributed by atoms with E-state index in [-0.39, 0.29) is 19.3 Å². The molecule has 2 aromatic rings. The molecule has 0 bridgehead atoms. The van der Waals surface area contributed by atoms with E-state index in [2.05, 4.69) is 10.6 Å². The Kier molecular flexibility index (Phi) is 10.3. The molecule has 192 valence electrons. The molecular weight excluding hydrogens is 496 g/mol. The highest BCUT2D eigenvalue weighted by Gasteiger charge is 2.37. The molecule has 1 saturated heterocycles. The minimum atomic E-state index is -0.605. The van der Waals surface area contributed by atoms with Crippen LogP contribution in [-0.4, -0.2) is 79.7 Å². The molecule has 2 atom stereocenters. The van der Waals surface area contributed by atoms with Gasteiger partial charge in [0.2, 0.25) is 0 Å². The van der Waals surface area contributed by atoms with Crippen LogP contribution in [0.15, 0.2) is 18.2 Å². The van der Waals surface area contributed by atoms with Crippen LogP contribution in [0.1, 0.15) is 25.2 Å². The Hall–Kier alpha value is -2.20. The molecule has 0 radical (unpaired) electrons. The second-order valence-electron chi connectivity index (χ2n) is 8.12. The zero-order valence-corrected chi connectivity index (χ0v) is 21.8. The maximum Gasteiger partial charge on any atom is 0.409 e. The molecule has 1 amide bonds. The van der Waals surface area contributed by atoms with E-state index >= 15 is 0 Å². The number of likely N-dealkylation sites (tertiary alicyclic amines) is 1. The molecule has 1 aromatic heterocycles. The van der Waals surface area contributed by atoms with Gasteiger partial charge in [-0.15, -0.1) is 0 Å². The number of nitrogens with zero attached hydrogens (tertiary/aromatic N) is 3. The molecule has 0 unspecified atom stereocenters. The third-order valence-corrected chi connectivity index (χ3v) is 6.28. The van der Waals surface area contributed by atoms with Crippen molar-refractivity contribution < 1.29 is 18.7 Å². The lowest BCUT2D eigenvalue weighted by molar-refractivity contribution is 0.0431. The zero-order chi connectivity index (χ0) is 25.4. The molecule has 11 heteroatoms. The van der Waals surface area contributed by atoms with Crippen LogP contribution < -0.4 is 10.6 Å². The highest BCUT2D eigenvalue weighted by Crippen LogP contribution is 2.33. The molecule has 35 heavy (non-hydrogen) atoms. The summed E-state index contributed by atoms with van der Waals surface area (Å²) in [7, 11) is 1.79. The zero-order valence-electron chi connectivity index (χ0n) is 20.2. The van der Waals surface area contributed by atoms with Crippen molar-refractivity contribution in [2.45, 2.75) is 38.8 Å². The summed E-state index contributed by atoms with van der Waals surface area (Å²) in [6.07, 6.45) is 0.415. The van der Waals surface area contributed by atoms with Gasteiger partial charge in [0.15, 0.2) is 0 Å². The fraction of sp³-hybridized carbons (Fsp3) is 0.542. The third-order valence-electron chi connectivity index (χ3n) is 5.73. The van der Waals surface area contributed by atoms with Crippen LogP contribution in [0.3, 0.4) is 0 Å². The SMILES string of the molecule is CCc1nc(-c2ccc(Cl)cc2Cl)c(CC)nc1N[C@@H]1CN(C(=O)OCCNC)C[C@@H]1OCCF. The number of benzene rings is 1.